The normalized spacial score (nSPS) is 11.7. The number of anilines is 1. The molecule has 11 nitrogen and oxygen atoms in total. The highest BCUT2D eigenvalue weighted by atomic mass is 35.5. The lowest BCUT2D eigenvalue weighted by Gasteiger charge is -2.12. The molecule has 3 aromatic rings. The smallest absolute Gasteiger partial charge is 0.412 e. The summed E-state index contributed by atoms with van der Waals surface area (Å²) >= 11 is 6.11. The molecule has 2 heterocycles. The van der Waals surface area contributed by atoms with Gasteiger partial charge < -0.3 is 14.4 Å². The van der Waals surface area contributed by atoms with Gasteiger partial charge in [0.25, 0.3) is 0 Å². The molecule has 0 unspecified atom stereocenters. The summed E-state index contributed by atoms with van der Waals surface area (Å²) in [6.07, 6.45) is 1.95. The monoisotopic (exact) mass is 496 g/mol. The summed E-state index contributed by atoms with van der Waals surface area (Å²) < 4.78 is 37.5. The van der Waals surface area contributed by atoms with Gasteiger partial charge >= 0.3 is 6.09 Å². The van der Waals surface area contributed by atoms with Crippen molar-refractivity contribution in [2.24, 2.45) is 0 Å². The van der Waals surface area contributed by atoms with Gasteiger partial charge in [-0.2, -0.15) is 0 Å². The van der Waals surface area contributed by atoms with Gasteiger partial charge in [-0.05, 0) is 31.8 Å². The molecule has 1 aromatic carbocycles. The number of ether oxygens (including phenoxy) is 2. The van der Waals surface area contributed by atoms with Crippen LogP contribution in [-0.2, 0) is 21.3 Å². The molecule has 0 saturated heterocycles. The molecule has 1 amide bonds. The van der Waals surface area contributed by atoms with E-state index in [1.165, 1.54) is 13.3 Å². The maximum Gasteiger partial charge on any atom is 0.412 e. The minimum Gasteiger partial charge on any atom is -0.494 e. The molecule has 2 aromatic heterocycles. The largest absolute Gasteiger partial charge is 0.494 e. The third-order valence-electron chi connectivity index (χ3n) is 4.53. The van der Waals surface area contributed by atoms with Crippen molar-refractivity contribution in [3.63, 3.8) is 0 Å². The summed E-state index contributed by atoms with van der Waals surface area (Å²) in [7, 11) is 1.91. The van der Waals surface area contributed by atoms with Crippen LogP contribution in [0, 0.1) is 0 Å². The number of hydrogen-bond donors (Lipinski definition) is 2. The number of nitrogens with one attached hydrogen (secondary N) is 2. The maximum atomic E-state index is 12.2. The Balaban J connectivity index is 1.96. The Labute approximate surface area is 196 Å². The first-order chi connectivity index (χ1) is 15.6. The van der Waals surface area contributed by atoms with E-state index in [2.05, 4.69) is 20.1 Å². The molecule has 0 radical (unpaired) electrons. The van der Waals surface area contributed by atoms with E-state index >= 15 is 0 Å². The van der Waals surface area contributed by atoms with Gasteiger partial charge in [0, 0.05) is 25.4 Å². The van der Waals surface area contributed by atoms with Gasteiger partial charge in [-0.25, -0.2) is 27.6 Å². The van der Waals surface area contributed by atoms with Crippen molar-refractivity contribution in [1.82, 2.24) is 24.4 Å². The lowest BCUT2D eigenvalue weighted by Crippen LogP contribution is -2.22. The van der Waals surface area contributed by atoms with Gasteiger partial charge in [0.2, 0.25) is 10.0 Å². The Kier molecular flexibility index (Phi) is 7.74. The number of sulfonamides is 1. The number of amides is 1. The second kappa shape index (κ2) is 10.3. The van der Waals surface area contributed by atoms with Crippen LogP contribution in [0.1, 0.15) is 5.56 Å². The fraction of sp³-hybridized carbons (Fsp3) is 0.350. The molecule has 178 valence electrons. The van der Waals surface area contributed by atoms with Gasteiger partial charge in [-0.1, -0.05) is 17.7 Å². The van der Waals surface area contributed by atoms with Crippen LogP contribution in [0.15, 0.2) is 30.5 Å². The van der Waals surface area contributed by atoms with Crippen LogP contribution in [0.25, 0.3) is 16.6 Å². The first kappa shape index (κ1) is 24.7. The van der Waals surface area contributed by atoms with Crippen LogP contribution in [0.4, 0.5) is 10.6 Å². The summed E-state index contributed by atoms with van der Waals surface area (Å²) in [5.74, 6) is 0.689. The highest BCUT2D eigenvalue weighted by Crippen LogP contribution is 2.31. The first-order valence-electron chi connectivity index (χ1n) is 9.82. The fourth-order valence-corrected chi connectivity index (χ4v) is 3.52. The van der Waals surface area contributed by atoms with E-state index in [-0.39, 0.29) is 24.1 Å². The summed E-state index contributed by atoms with van der Waals surface area (Å²) in [5, 5.41) is 7.95. The van der Waals surface area contributed by atoms with E-state index in [1.807, 2.05) is 19.0 Å². The molecule has 3 rings (SSSR count). The molecule has 0 atom stereocenters. The minimum atomic E-state index is -3.34. The van der Waals surface area contributed by atoms with E-state index in [0.29, 0.717) is 34.4 Å². The van der Waals surface area contributed by atoms with Crippen molar-refractivity contribution in [1.29, 1.82) is 0 Å². The van der Waals surface area contributed by atoms with Crippen LogP contribution < -0.4 is 14.8 Å². The maximum absolute atomic E-state index is 12.2. The second-order valence-corrected chi connectivity index (χ2v) is 9.67. The Morgan fingerprint density at radius 2 is 2.03 bits per heavy atom. The molecular weight excluding hydrogens is 472 g/mol. The molecule has 13 heteroatoms. The van der Waals surface area contributed by atoms with Crippen molar-refractivity contribution in [3.8, 4) is 11.4 Å². The molecule has 0 aliphatic carbocycles. The molecule has 0 fully saturated rings. The molecule has 0 saturated carbocycles. The highest BCUT2D eigenvalue weighted by Gasteiger charge is 2.18. The summed E-state index contributed by atoms with van der Waals surface area (Å²) in [6.45, 7) is 0.909. The number of pyridine rings is 1. The zero-order valence-electron chi connectivity index (χ0n) is 18.6. The standard InChI is InChI=1S/C20H25ClN6O5S/c1-26(2)7-8-32-20(28)24-19-14-12-22-18(21)10-16(14)27(25-19)15-6-5-13(9-17(15)31-3)11-23-33(4,29)30/h5-6,9-10,12,23H,7-8,11H2,1-4H3,(H,24,25,28). The van der Waals surface area contributed by atoms with Gasteiger partial charge in [-0.3, -0.25) is 5.32 Å². The Bertz CT molecular complexity index is 1260. The lowest BCUT2D eigenvalue weighted by molar-refractivity contribution is 0.151. The number of halogens is 1. The van der Waals surface area contributed by atoms with E-state index < -0.39 is 16.1 Å². The van der Waals surface area contributed by atoms with Gasteiger partial charge in [0.1, 0.15) is 23.2 Å². The molecular formula is C20H25ClN6O5S. The van der Waals surface area contributed by atoms with Gasteiger partial charge in [-0.15, -0.1) is 5.10 Å². The average molecular weight is 497 g/mol. The number of methoxy groups -OCH3 is 1. The van der Waals surface area contributed by atoms with Crippen LogP contribution in [0.3, 0.4) is 0 Å². The number of benzene rings is 1. The van der Waals surface area contributed by atoms with Crippen molar-refractivity contribution < 1.29 is 22.7 Å². The average Bonchev–Trinajstić information content (AvgIpc) is 3.08. The van der Waals surface area contributed by atoms with Crippen LogP contribution in [0.2, 0.25) is 5.15 Å². The lowest BCUT2D eigenvalue weighted by atomic mass is 10.2. The Hall–Kier alpha value is -2.93. The molecule has 0 bridgehead atoms. The van der Waals surface area contributed by atoms with Crippen molar-refractivity contribution in [3.05, 3.63) is 41.2 Å². The van der Waals surface area contributed by atoms with Gasteiger partial charge in [0.15, 0.2) is 5.82 Å². The zero-order chi connectivity index (χ0) is 24.2. The number of nitrogens with zero attached hydrogens (tertiary/aromatic N) is 4. The summed E-state index contributed by atoms with van der Waals surface area (Å²) in [4.78, 5) is 18.2. The van der Waals surface area contributed by atoms with Crippen molar-refractivity contribution >= 4 is 44.4 Å². The molecule has 33 heavy (non-hydrogen) atoms. The van der Waals surface area contributed by atoms with Crippen LogP contribution in [0.5, 0.6) is 5.75 Å². The number of likely N-dealkylation sites (N-methyl/N-ethyl adjacent to an activating group) is 1. The van der Waals surface area contributed by atoms with E-state index in [4.69, 9.17) is 21.1 Å². The SMILES string of the molecule is COc1cc(CNS(C)(=O)=O)ccc1-n1nc(NC(=O)OCCN(C)C)c2cnc(Cl)cc21. The van der Waals surface area contributed by atoms with E-state index in [0.717, 1.165) is 6.26 Å². The third-order valence-corrected chi connectivity index (χ3v) is 5.41. The van der Waals surface area contributed by atoms with Crippen molar-refractivity contribution in [2.45, 2.75) is 6.54 Å². The molecule has 0 spiro atoms. The Morgan fingerprint density at radius 1 is 1.27 bits per heavy atom. The topological polar surface area (TPSA) is 128 Å². The first-order valence-corrected chi connectivity index (χ1v) is 12.1. The van der Waals surface area contributed by atoms with E-state index in [9.17, 15) is 13.2 Å². The minimum absolute atomic E-state index is 0.108. The molecule has 0 aliphatic heterocycles. The predicted molar refractivity (Wildman–Crippen MR) is 126 cm³/mol. The van der Waals surface area contributed by atoms with E-state index in [1.54, 1.807) is 28.9 Å². The Morgan fingerprint density at radius 3 is 2.70 bits per heavy atom. The number of carbonyl (C=O) groups excluding carboxylic acids is 1. The van der Waals surface area contributed by atoms with Gasteiger partial charge in [0.05, 0.1) is 24.3 Å². The number of fused-ring (bicyclic) bond motifs is 1. The second-order valence-electron chi connectivity index (χ2n) is 7.45. The molecule has 2 N–H and O–H groups in total. The summed E-state index contributed by atoms with van der Waals surface area (Å²) in [6, 6.07) is 6.80. The zero-order valence-corrected chi connectivity index (χ0v) is 20.2. The number of rotatable bonds is 9. The van der Waals surface area contributed by atoms with Crippen molar-refractivity contribution in [2.75, 3.05) is 45.9 Å². The quantitative estimate of drug-likeness (QED) is 0.432. The number of carbonyl (C=O) groups is 1. The third kappa shape index (κ3) is 6.54. The van der Waals surface area contributed by atoms with Crippen LogP contribution in [-0.4, -0.2) is 74.8 Å². The van der Waals surface area contributed by atoms with Crippen LogP contribution >= 0.6 is 11.6 Å². The number of aromatic nitrogens is 3. The highest BCUT2D eigenvalue weighted by molar-refractivity contribution is 7.88. The fourth-order valence-electron chi connectivity index (χ4n) is 2.94. The predicted octanol–water partition coefficient (Wildman–Crippen LogP) is 2.24. The number of hydrogen-bond acceptors (Lipinski definition) is 8. The summed E-state index contributed by atoms with van der Waals surface area (Å²) in [5.41, 5.74) is 1.83. The molecule has 0 aliphatic rings.